The number of amides is 2. The van der Waals surface area contributed by atoms with Gasteiger partial charge in [-0.3, -0.25) is 20.4 Å². The van der Waals surface area contributed by atoms with E-state index < -0.39 is 17.9 Å². The van der Waals surface area contributed by atoms with Crippen molar-refractivity contribution in [3.63, 3.8) is 0 Å². The molecule has 138 valence electrons. The third kappa shape index (κ3) is 4.99. The van der Waals surface area contributed by atoms with E-state index in [1.165, 1.54) is 0 Å². The zero-order valence-electron chi connectivity index (χ0n) is 15.5. The van der Waals surface area contributed by atoms with Crippen LogP contribution in [0.4, 0.5) is 0 Å². The molecule has 0 aliphatic carbocycles. The molecule has 2 amide bonds. The number of aryl methyl sites for hydroxylation is 1. The standard InChI is InChI=1S/C20H24N2O4/c1-5-25-17-11-9-16(10-12-17)20(24)22-21-19(23)15(4)26-18-8-6-7-13(2)14(18)3/h6-12,15H,5H2,1-4H3,(H,21,23)(H,22,24). The summed E-state index contributed by atoms with van der Waals surface area (Å²) in [6, 6.07) is 12.3. The first-order chi connectivity index (χ1) is 12.4. The van der Waals surface area contributed by atoms with Crippen LogP contribution in [0.3, 0.4) is 0 Å². The average Bonchev–Trinajstić information content (AvgIpc) is 2.64. The van der Waals surface area contributed by atoms with Crippen molar-refractivity contribution < 1.29 is 19.1 Å². The average molecular weight is 356 g/mol. The van der Waals surface area contributed by atoms with Gasteiger partial charge in [0, 0.05) is 5.56 Å². The van der Waals surface area contributed by atoms with Crippen LogP contribution in [0.25, 0.3) is 0 Å². The molecular weight excluding hydrogens is 332 g/mol. The molecule has 0 aliphatic rings. The van der Waals surface area contributed by atoms with Gasteiger partial charge in [0.1, 0.15) is 11.5 Å². The molecule has 2 aromatic carbocycles. The van der Waals surface area contributed by atoms with Crippen LogP contribution in [0.1, 0.15) is 35.3 Å². The highest BCUT2D eigenvalue weighted by atomic mass is 16.5. The van der Waals surface area contributed by atoms with Crippen LogP contribution < -0.4 is 20.3 Å². The SMILES string of the molecule is CCOc1ccc(C(=O)NNC(=O)C(C)Oc2cccc(C)c2C)cc1. The molecule has 0 spiro atoms. The molecule has 0 saturated heterocycles. The zero-order chi connectivity index (χ0) is 19.1. The van der Waals surface area contributed by atoms with Gasteiger partial charge in [0.15, 0.2) is 6.10 Å². The Morgan fingerprint density at radius 2 is 1.73 bits per heavy atom. The highest BCUT2D eigenvalue weighted by Crippen LogP contribution is 2.21. The van der Waals surface area contributed by atoms with Gasteiger partial charge in [0.25, 0.3) is 11.8 Å². The number of benzene rings is 2. The van der Waals surface area contributed by atoms with Gasteiger partial charge in [-0.25, -0.2) is 0 Å². The largest absolute Gasteiger partial charge is 0.494 e. The zero-order valence-corrected chi connectivity index (χ0v) is 15.5. The van der Waals surface area contributed by atoms with Gasteiger partial charge in [0.2, 0.25) is 0 Å². The number of ether oxygens (including phenoxy) is 2. The first-order valence-electron chi connectivity index (χ1n) is 8.48. The summed E-state index contributed by atoms with van der Waals surface area (Å²) in [6.45, 7) is 7.98. The molecule has 2 N–H and O–H groups in total. The predicted octanol–water partition coefficient (Wildman–Crippen LogP) is 2.93. The van der Waals surface area contributed by atoms with Gasteiger partial charge in [-0.05, 0) is 69.2 Å². The van der Waals surface area contributed by atoms with Crippen molar-refractivity contribution in [1.29, 1.82) is 0 Å². The van der Waals surface area contributed by atoms with Gasteiger partial charge in [0.05, 0.1) is 6.61 Å². The molecule has 0 fully saturated rings. The lowest BCUT2D eigenvalue weighted by Gasteiger charge is -2.17. The molecule has 6 nitrogen and oxygen atoms in total. The molecule has 6 heteroatoms. The van der Waals surface area contributed by atoms with Crippen molar-refractivity contribution in [3.8, 4) is 11.5 Å². The molecule has 0 heterocycles. The van der Waals surface area contributed by atoms with Gasteiger partial charge in [-0.2, -0.15) is 0 Å². The Bertz CT molecular complexity index is 772. The van der Waals surface area contributed by atoms with E-state index in [-0.39, 0.29) is 0 Å². The second kappa shape index (κ2) is 8.89. The van der Waals surface area contributed by atoms with Gasteiger partial charge in [-0.1, -0.05) is 12.1 Å². The fourth-order valence-corrected chi connectivity index (χ4v) is 2.26. The summed E-state index contributed by atoms with van der Waals surface area (Å²) in [5.74, 6) is 0.472. The summed E-state index contributed by atoms with van der Waals surface area (Å²) in [4.78, 5) is 24.2. The number of rotatable bonds is 6. The van der Waals surface area contributed by atoms with Gasteiger partial charge in [-0.15, -0.1) is 0 Å². The minimum atomic E-state index is -0.754. The molecule has 0 aliphatic heterocycles. The van der Waals surface area contributed by atoms with Crippen molar-refractivity contribution in [2.24, 2.45) is 0 Å². The molecule has 2 rings (SSSR count). The number of carbonyl (C=O) groups excluding carboxylic acids is 2. The molecule has 0 bridgehead atoms. The topological polar surface area (TPSA) is 76.7 Å². The molecule has 2 aromatic rings. The molecule has 1 atom stereocenters. The monoisotopic (exact) mass is 356 g/mol. The Hall–Kier alpha value is -3.02. The Balaban J connectivity index is 1.88. The second-order valence-electron chi connectivity index (χ2n) is 5.86. The highest BCUT2D eigenvalue weighted by Gasteiger charge is 2.17. The Morgan fingerprint density at radius 3 is 2.38 bits per heavy atom. The van der Waals surface area contributed by atoms with Crippen LogP contribution >= 0.6 is 0 Å². The molecule has 0 radical (unpaired) electrons. The second-order valence-corrected chi connectivity index (χ2v) is 5.86. The number of carbonyl (C=O) groups is 2. The van der Waals surface area contributed by atoms with E-state index in [1.54, 1.807) is 31.2 Å². The van der Waals surface area contributed by atoms with E-state index in [1.807, 2.05) is 39.0 Å². The van der Waals surface area contributed by atoms with Crippen molar-refractivity contribution in [2.75, 3.05) is 6.61 Å². The van der Waals surface area contributed by atoms with Crippen molar-refractivity contribution >= 4 is 11.8 Å². The Morgan fingerprint density at radius 1 is 1.04 bits per heavy atom. The summed E-state index contributed by atoms with van der Waals surface area (Å²) in [6.07, 6.45) is -0.754. The van der Waals surface area contributed by atoms with Gasteiger partial charge < -0.3 is 9.47 Å². The van der Waals surface area contributed by atoms with E-state index in [9.17, 15) is 9.59 Å². The van der Waals surface area contributed by atoms with Crippen LogP contribution in [0.2, 0.25) is 0 Å². The lowest BCUT2D eigenvalue weighted by molar-refractivity contribution is -0.128. The summed E-state index contributed by atoms with van der Waals surface area (Å²) in [5.41, 5.74) is 7.24. The van der Waals surface area contributed by atoms with Crippen molar-refractivity contribution in [1.82, 2.24) is 10.9 Å². The van der Waals surface area contributed by atoms with Crippen LogP contribution in [0, 0.1) is 13.8 Å². The maximum Gasteiger partial charge on any atom is 0.279 e. The molecule has 1 unspecified atom stereocenters. The molecule has 0 saturated carbocycles. The summed E-state index contributed by atoms with van der Waals surface area (Å²) < 4.78 is 11.0. The van der Waals surface area contributed by atoms with Crippen LogP contribution in [0.5, 0.6) is 11.5 Å². The van der Waals surface area contributed by atoms with E-state index >= 15 is 0 Å². The van der Waals surface area contributed by atoms with Gasteiger partial charge >= 0.3 is 0 Å². The fourth-order valence-electron chi connectivity index (χ4n) is 2.26. The Kier molecular flexibility index (Phi) is 6.60. The summed E-state index contributed by atoms with van der Waals surface area (Å²) in [7, 11) is 0. The minimum Gasteiger partial charge on any atom is -0.494 e. The van der Waals surface area contributed by atoms with Crippen LogP contribution in [-0.2, 0) is 4.79 Å². The first kappa shape index (κ1) is 19.3. The lowest BCUT2D eigenvalue weighted by Crippen LogP contribution is -2.47. The molecule has 26 heavy (non-hydrogen) atoms. The summed E-state index contributed by atoms with van der Waals surface area (Å²) >= 11 is 0. The Labute approximate surface area is 153 Å². The number of hydrazine groups is 1. The normalized spacial score (nSPS) is 11.4. The van der Waals surface area contributed by atoms with Crippen molar-refractivity contribution in [2.45, 2.75) is 33.8 Å². The smallest absolute Gasteiger partial charge is 0.279 e. The van der Waals surface area contributed by atoms with E-state index in [0.29, 0.717) is 23.7 Å². The highest BCUT2D eigenvalue weighted by molar-refractivity contribution is 5.95. The van der Waals surface area contributed by atoms with Crippen molar-refractivity contribution in [3.05, 3.63) is 59.2 Å². The summed E-state index contributed by atoms with van der Waals surface area (Å²) in [5, 5.41) is 0. The maximum absolute atomic E-state index is 12.1. The third-order valence-electron chi connectivity index (χ3n) is 3.95. The number of hydrogen-bond acceptors (Lipinski definition) is 4. The van der Waals surface area contributed by atoms with E-state index in [0.717, 1.165) is 11.1 Å². The minimum absolute atomic E-state index is 0.414. The van der Waals surface area contributed by atoms with Crippen LogP contribution in [0.15, 0.2) is 42.5 Å². The number of hydrogen-bond donors (Lipinski definition) is 2. The van der Waals surface area contributed by atoms with E-state index in [2.05, 4.69) is 10.9 Å². The molecular formula is C20H24N2O4. The first-order valence-corrected chi connectivity index (χ1v) is 8.48. The van der Waals surface area contributed by atoms with E-state index in [4.69, 9.17) is 9.47 Å². The van der Waals surface area contributed by atoms with Crippen LogP contribution in [-0.4, -0.2) is 24.5 Å². The fraction of sp³-hybridized carbons (Fsp3) is 0.300. The molecule has 0 aromatic heterocycles. The number of nitrogens with one attached hydrogen (secondary N) is 2. The maximum atomic E-state index is 12.1. The predicted molar refractivity (Wildman–Crippen MR) is 99.2 cm³/mol. The lowest BCUT2D eigenvalue weighted by atomic mass is 10.1. The quantitative estimate of drug-likeness (QED) is 0.780. The third-order valence-corrected chi connectivity index (χ3v) is 3.95.